The average molecular weight is 265 g/mol. The van der Waals surface area contributed by atoms with Crippen molar-refractivity contribution < 1.29 is 22.3 Å². The van der Waals surface area contributed by atoms with Gasteiger partial charge in [-0.05, 0) is 36.6 Å². The van der Waals surface area contributed by atoms with Crippen LogP contribution in [0.4, 0.5) is 17.6 Å². The SMILES string of the molecule is COCCCC(N)c1cc(F)ccc1C(F)(F)F. The molecule has 0 spiro atoms. The van der Waals surface area contributed by atoms with Crippen LogP contribution in [0.2, 0.25) is 0 Å². The normalized spacial score (nSPS) is 13.7. The molecule has 0 radical (unpaired) electrons. The molecule has 0 bridgehead atoms. The molecule has 0 aromatic heterocycles. The molecule has 0 fully saturated rings. The van der Waals surface area contributed by atoms with Crippen LogP contribution in [0.1, 0.15) is 30.0 Å². The number of ether oxygens (including phenoxy) is 1. The molecule has 1 atom stereocenters. The van der Waals surface area contributed by atoms with Crippen LogP contribution in [-0.4, -0.2) is 13.7 Å². The maximum absolute atomic E-state index is 13.0. The van der Waals surface area contributed by atoms with Crippen LogP contribution in [-0.2, 0) is 10.9 Å². The van der Waals surface area contributed by atoms with E-state index in [1.54, 1.807) is 0 Å². The van der Waals surface area contributed by atoms with Crippen LogP contribution < -0.4 is 5.73 Å². The minimum absolute atomic E-state index is 0.210. The average Bonchev–Trinajstić information content (AvgIpc) is 2.27. The van der Waals surface area contributed by atoms with Crippen LogP contribution in [0, 0.1) is 5.82 Å². The molecule has 1 rings (SSSR count). The van der Waals surface area contributed by atoms with E-state index >= 15 is 0 Å². The van der Waals surface area contributed by atoms with E-state index in [2.05, 4.69) is 0 Å². The number of hydrogen-bond acceptors (Lipinski definition) is 2. The smallest absolute Gasteiger partial charge is 0.385 e. The highest BCUT2D eigenvalue weighted by atomic mass is 19.4. The summed E-state index contributed by atoms with van der Waals surface area (Å²) in [6, 6.07) is 1.50. The Morgan fingerprint density at radius 1 is 1.33 bits per heavy atom. The van der Waals surface area contributed by atoms with Crippen LogP contribution in [0.3, 0.4) is 0 Å². The number of alkyl halides is 3. The lowest BCUT2D eigenvalue weighted by molar-refractivity contribution is -0.138. The van der Waals surface area contributed by atoms with Gasteiger partial charge in [-0.1, -0.05) is 0 Å². The monoisotopic (exact) mass is 265 g/mol. The lowest BCUT2D eigenvalue weighted by Crippen LogP contribution is -2.18. The van der Waals surface area contributed by atoms with E-state index in [1.165, 1.54) is 7.11 Å². The third-order valence-corrected chi connectivity index (χ3v) is 2.58. The second-order valence-electron chi connectivity index (χ2n) is 3.97. The zero-order valence-corrected chi connectivity index (χ0v) is 9.93. The fourth-order valence-electron chi connectivity index (χ4n) is 1.70. The first-order valence-corrected chi connectivity index (χ1v) is 5.47. The molecular weight excluding hydrogens is 250 g/mol. The van der Waals surface area contributed by atoms with Gasteiger partial charge in [-0.15, -0.1) is 0 Å². The summed E-state index contributed by atoms with van der Waals surface area (Å²) >= 11 is 0. The summed E-state index contributed by atoms with van der Waals surface area (Å²) in [7, 11) is 1.49. The Morgan fingerprint density at radius 3 is 2.56 bits per heavy atom. The van der Waals surface area contributed by atoms with Gasteiger partial charge in [0.25, 0.3) is 0 Å². The number of nitrogens with two attached hydrogens (primary N) is 1. The van der Waals surface area contributed by atoms with E-state index in [1.807, 2.05) is 0 Å². The van der Waals surface area contributed by atoms with E-state index in [0.717, 1.165) is 18.2 Å². The molecule has 0 saturated carbocycles. The number of methoxy groups -OCH3 is 1. The van der Waals surface area contributed by atoms with Crippen molar-refractivity contribution in [2.45, 2.75) is 25.1 Å². The maximum atomic E-state index is 13.0. The van der Waals surface area contributed by atoms with Crippen LogP contribution in [0.15, 0.2) is 18.2 Å². The van der Waals surface area contributed by atoms with Crippen LogP contribution >= 0.6 is 0 Å². The number of hydrogen-bond donors (Lipinski definition) is 1. The first-order chi connectivity index (χ1) is 8.36. The Bertz CT molecular complexity index is 392. The summed E-state index contributed by atoms with van der Waals surface area (Å²) in [6.07, 6.45) is -3.70. The quantitative estimate of drug-likeness (QED) is 0.655. The van der Waals surface area contributed by atoms with Crippen LogP contribution in [0.5, 0.6) is 0 Å². The molecule has 1 aromatic carbocycles. The predicted molar refractivity (Wildman–Crippen MR) is 59.4 cm³/mol. The summed E-state index contributed by atoms with van der Waals surface area (Å²) in [6.45, 7) is 0.407. The molecule has 18 heavy (non-hydrogen) atoms. The fourth-order valence-corrected chi connectivity index (χ4v) is 1.70. The Kier molecular flexibility index (Phi) is 5.10. The van der Waals surface area contributed by atoms with Gasteiger partial charge in [0.15, 0.2) is 0 Å². The second kappa shape index (κ2) is 6.15. The molecule has 2 N–H and O–H groups in total. The third kappa shape index (κ3) is 3.96. The lowest BCUT2D eigenvalue weighted by Gasteiger charge is -2.18. The highest BCUT2D eigenvalue weighted by molar-refractivity contribution is 5.32. The van der Waals surface area contributed by atoms with Gasteiger partial charge in [0, 0.05) is 19.8 Å². The van der Waals surface area contributed by atoms with Gasteiger partial charge in [-0.2, -0.15) is 13.2 Å². The van der Waals surface area contributed by atoms with E-state index in [4.69, 9.17) is 10.5 Å². The van der Waals surface area contributed by atoms with Crippen molar-refractivity contribution in [1.29, 1.82) is 0 Å². The second-order valence-corrected chi connectivity index (χ2v) is 3.97. The van der Waals surface area contributed by atoms with Gasteiger partial charge in [0.1, 0.15) is 5.82 Å². The highest BCUT2D eigenvalue weighted by Crippen LogP contribution is 2.35. The summed E-state index contributed by atoms with van der Waals surface area (Å²) in [5, 5.41) is 0. The molecule has 1 unspecified atom stereocenters. The molecule has 0 aliphatic rings. The number of benzene rings is 1. The van der Waals surface area contributed by atoms with Gasteiger partial charge in [0.2, 0.25) is 0 Å². The molecule has 0 amide bonds. The lowest BCUT2D eigenvalue weighted by atomic mass is 9.97. The minimum Gasteiger partial charge on any atom is -0.385 e. The van der Waals surface area contributed by atoms with Crippen LogP contribution in [0.25, 0.3) is 0 Å². The Morgan fingerprint density at radius 2 is 2.00 bits per heavy atom. The molecule has 0 aliphatic heterocycles. The van der Waals surface area contributed by atoms with E-state index < -0.39 is 23.6 Å². The fraction of sp³-hybridized carbons (Fsp3) is 0.500. The first kappa shape index (κ1) is 14.9. The van der Waals surface area contributed by atoms with Crippen molar-refractivity contribution in [2.75, 3.05) is 13.7 Å². The third-order valence-electron chi connectivity index (χ3n) is 2.58. The summed E-state index contributed by atoms with van der Waals surface area (Å²) < 4.78 is 56.0. The standard InChI is InChI=1S/C12H15F4NO/c1-18-6-2-3-11(17)9-7-8(13)4-5-10(9)12(14,15)16/h4-5,7,11H,2-3,6,17H2,1H3. The van der Waals surface area contributed by atoms with Crippen molar-refractivity contribution in [3.8, 4) is 0 Å². The molecule has 1 aromatic rings. The zero-order valence-electron chi connectivity index (χ0n) is 9.93. The molecule has 0 saturated heterocycles. The molecule has 0 aliphatic carbocycles. The molecular formula is C12H15F4NO. The van der Waals surface area contributed by atoms with Crippen molar-refractivity contribution in [1.82, 2.24) is 0 Å². The number of rotatable bonds is 5. The van der Waals surface area contributed by atoms with Gasteiger partial charge >= 0.3 is 6.18 Å². The predicted octanol–water partition coefficient (Wildman–Crippen LogP) is 3.27. The van der Waals surface area contributed by atoms with Crippen molar-refractivity contribution in [2.24, 2.45) is 5.73 Å². The first-order valence-electron chi connectivity index (χ1n) is 5.47. The van der Waals surface area contributed by atoms with Crippen molar-refractivity contribution in [3.05, 3.63) is 35.1 Å². The Labute approximate surface area is 103 Å². The summed E-state index contributed by atoms with van der Waals surface area (Å²) in [4.78, 5) is 0. The zero-order chi connectivity index (χ0) is 13.8. The van der Waals surface area contributed by atoms with Gasteiger partial charge in [-0.25, -0.2) is 4.39 Å². The molecule has 6 heteroatoms. The summed E-state index contributed by atoms with van der Waals surface area (Å²) in [5.74, 6) is -0.722. The van der Waals surface area contributed by atoms with Gasteiger partial charge in [-0.3, -0.25) is 0 Å². The Balaban J connectivity index is 2.94. The maximum Gasteiger partial charge on any atom is 0.416 e. The summed E-state index contributed by atoms with van der Waals surface area (Å²) in [5.41, 5.74) is 4.59. The Hall–Kier alpha value is -1.14. The highest BCUT2D eigenvalue weighted by Gasteiger charge is 2.34. The largest absolute Gasteiger partial charge is 0.416 e. The van der Waals surface area contributed by atoms with E-state index in [-0.39, 0.29) is 5.56 Å². The van der Waals surface area contributed by atoms with Crippen molar-refractivity contribution >= 4 is 0 Å². The van der Waals surface area contributed by atoms with Crippen molar-refractivity contribution in [3.63, 3.8) is 0 Å². The van der Waals surface area contributed by atoms with E-state index in [9.17, 15) is 17.6 Å². The van der Waals surface area contributed by atoms with Gasteiger partial charge < -0.3 is 10.5 Å². The van der Waals surface area contributed by atoms with E-state index in [0.29, 0.717) is 19.4 Å². The minimum atomic E-state index is -4.53. The number of halogens is 4. The molecule has 0 heterocycles. The topological polar surface area (TPSA) is 35.2 Å². The molecule has 102 valence electrons. The molecule has 2 nitrogen and oxygen atoms in total. The van der Waals surface area contributed by atoms with Gasteiger partial charge in [0.05, 0.1) is 5.56 Å².